The molecule has 2 aromatic heterocycles. The van der Waals surface area contributed by atoms with Crippen molar-refractivity contribution in [3.63, 3.8) is 0 Å². The number of rotatable bonds is 8. The Balaban J connectivity index is 0.00000264. The molecular formula is C15H24IN5OS. The van der Waals surface area contributed by atoms with Gasteiger partial charge < -0.3 is 15.1 Å². The lowest BCUT2D eigenvalue weighted by Crippen LogP contribution is -2.39. The van der Waals surface area contributed by atoms with E-state index in [2.05, 4.69) is 27.0 Å². The van der Waals surface area contributed by atoms with Crippen LogP contribution in [0.25, 0.3) is 0 Å². The molecule has 0 amide bonds. The molecule has 0 saturated carbocycles. The Morgan fingerprint density at radius 3 is 2.83 bits per heavy atom. The molecular weight excluding hydrogens is 425 g/mol. The first kappa shape index (κ1) is 19.9. The van der Waals surface area contributed by atoms with Crippen molar-refractivity contribution >= 4 is 41.7 Å². The Morgan fingerprint density at radius 2 is 2.17 bits per heavy atom. The van der Waals surface area contributed by atoms with Gasteiger partial charge in [-0.15, -0.1) is 24.0 Å². The van der Waals surface area contributed by atoms with Crippen LogP contribution >= 0.6 is 35.7 Å². The number of nitrogens with one attached hydrogen (secondary N) is 2. The van der Waals surface area contributed by atoms with Gasteiger partial charge in [0.05, 0.1) is 18.5 Å². The average molecular weight is 449 g/mol. The van der Waals surface area contributed by atoms with Gasteiger partial charge in [-0.05, 0) is 24.5 Å². The highest BCUT2D eigenvalue weighted by molar-refractivity contribution is 14.0. The van der Waals surface area contributed by atoms with Gasteiger partial charge in [-0.3, -0.25) is 4.68 Å². The molecule has 0 fully saturated rings. The predicted molar refractivity (Wildman–Crippen MR) is 107 cm³/mol. The van der Waals surface area contributed by atoms with E-state index in [9.17, 15) is 0 Å². The summed E-state index contributed by atoms with van der Waals surface area (Å²) in [6, 6.07) is 5.87. The van der Waals surface area contributed by atoms with Crippen LogP contribution in [0.15, 0.2) is 40.1 Å². The van der Waals surface area contributed by atoms with E-state index in [1.807, 2.05) is 41.7 Å². The van der Waals surface area contributed by atoms with E-state index in [1.54, 1.807) is 12.5 Å². The molecule has 23 heavy (non-hydrogen) atoms. The molecule has 0 radical (unpaired) electrons. The molecule has 2 heterocycles. The van der Waals surface area contributed by atoms with Crippen LogP contribution in [0.3, 0.4) is 0 Å². The topological polar surface area (TPSA) is 67.4 Å². The normalized spacial score (nSPS) is 11.1. The van der Waals surface area contributed by atoms with Crippen molar-refractivity contribution in [2.75, 3.05) is 25.1 Å². The standard InChI is InChI=1S/C15H23N5OS.HI/c1-20-13(5-8-19-20)12-18-15(17-9-11-22-2)16-7-6-14-4-3-10-21-14;/h3-5,8,10H,6-7,9,11-12H2,1-2H3,(H2,16,17,18);1H. The van der Waals surface area contributed by atoms with Gasteiger partial charge in [0.25, 0.3) is 0 Å². The van der Waals surface area contributed by atoms with Gasteiger partial charge in [0, 0.05) is 38.5 Å². The number of aliphatic imine (C=N–C) groups is 1. The molecule has 0 unspecified atom stereocenters. The highest BCUT2D eigenvalue weighted by Gasteiger charge is 2.02. The first-order valence-electron chi connectivity index (χ1n) is 7.30. The second-order valence-corrected chi connectivity index (χ2v) is 5.77. The SMILES string of the molecule is CSCCNC(=NCc1ccnn1C)NCCc1ccco1.I. The summed E-state index contributed by atoms with van der Waals surface area (Å²) in [4.78, 5) is 4.61. The van der Waals surface area contributed by atoms with Crippen molar-refractivity contribution in [2.24, 2.45) is 12.0 Å². The zero-order valence-electron chi connectivity index (χ0n) is 13.5. The molecule has 0 saturated heterocycles. The number of hydrogen-bond acceptors (Lipinski definition) is 4. The van der Waals surface area contributed by atoms with Crippen LogP contribution in [0.4, 0.5) is 0 Å². The largest absolute Gasteiger partial charge is 0.469 e. The van der Waals surface area contributed by atoms with Crippen molar-refractivity contribution in [3.8, 4) is 0 Å². The smallest absolute Gasteiger partial charge is 0.191 e. The second kappa shape index (κ2) is 11.4. The maximum atomic E-state index is 5.33. The first-order chi connectivity index (χ1) is 10.8. The molecule has 8 heteroatoms. The molecule has 0 spiro atoms. The van der Waals surface area contributed by atoms with Crippen LogP contribution < -0.4 is 10.6 Å². The number of nitrogens with zero attached hydrogens (tertiary/aromatic N) is 3. The third kappa shape index (κ3) is 7.30. The number of thioether (sulfide) groups is 1. The lowest BCUT2D eigenvalue weighted by atomic mass is 10.3. The fourth-order valence-electron chi connectivity index (χ4n) is 1.92. The number of halogens is 1. The van der Waals surface area contributed by atoms with Gasteiger partial charge in [0.15, 0.2) is 5.96 Å². The van der Waals surface area contributed by atoms with E-state index in [1.165, 1.54) is 0 Å². The molecule has 0 bridgehead atoms. The molecule has 2 aromatic rings. The Labute approximate surface area is 158 Å². The van der Waals surface area contributed by atoms with Gasteiger partial charge in [0.2, 0.25) is 0 Å². The lowest BCUT2D eigenvalue weighted by molar-refractivity contribution is 0.507. The summed E-state index contributed by atoms with van der Waals surface area (Å²) >= 11 is 1.81. The maximum Gasteiger partial charge on any atom is 0.191 e. The molecule has 0 aromatic carbocycles. The highest BCUT2D eigenvalue weighted by Crippen LogP contribution is 2.00. The van der Waals surface area contributed by atoms with Gasteiger partial charge in [0.1, 0.15) is 5.76 Å². The van der Waals surface area contributed by atoms with E-state index in [0.29, 0.717) is 6.54 Å². The Kier molecular flexibility index (Phi) is 9.85. The maximum absolute atomic E-state index is 5.33. The van der Waals surface area contributed by atoms with Gasteiger partial charge in [-0.1, -0.05) is 0 Å². The Hall–Kier alpha value is -1.16. The van der Waals surface area contributed by atoms with Crippen LogP contribution in [-0.2, 0) is 20.0 Å². The van der Waals surface area contributed by atoms with Crippen molar-refractivity contribution in [1.82, 2.24) is 20.4 Å². The summed E-state index contributed by atoms with van der Waals surface area (Å²) in [5.41, 5.74) is 1.08. The van der Waals surface area contributed by atoms with Crippen molar-refractivity contribution in [2.45, 2.75) is 13.0 Å². The summed E-state index contributed by atoms with van der Waals surface area (Å²) in [5.74, 6) is 2.84. The third-order valence-corrected chi connectivity index (χ3v) is 3.78. The van der Waals surface area contributed by atoms with Gasteiger partial charge in [-0.2, -0.15) is 16.9 Å². The minimum absolute atomic E-state index is 0. The summed E-state index contributed by atoms with van der Waals surface area (Å²) in [6.07, 6.45) is 6.42. The predicted octanol–water partition coefficient (Wildman–Crippen LogP) is 2.27. The molecule has 2 rings (SSSR count). The van der Waals surface area contributed by atoms with E-state index in [0.717, 1.165) is 42.7 Å². The van der Waals surface area contributed by atoms with E-state index < -0.39 is 0 Å². The fraction of sp³-hybridized carbons (Fsp3) is 0.467. The number of guanidine groups is 1. The minimum atomic E-state index is 0. The van der Waals surface area contributed by atoms with Crippen molar-refractivity contribution in [1.29, 1.82) is 0 Å². The highest BCUT2D eigenvalue weighted by atomic mass is 127. The van der Waals surface area contributed by atoms with E-state index in [-0.39, 0.29) is 24.0 Å². The first-order valence-corrected chi connectivity index (χ1v) is 8.69. The summed E-state index contributed by atoms with van der Waals surface area (Å²) < 4.78 is 7.17. The average Bonchev–Trinajstić information content (AvgIpc) is 3.16. The fourth-order valence-corrected chi connectivity index (χ4v) is 2.23. The molecule has 0 atom stereocenters. The molecule has 128 valence electrons. The molecule has 0 aliphatic carbocycles. The van der Waals surface area contributed by atoms with Crippen molar-refractivity contribution < 1.29 is 4.42 Å². The Morgan fingerprint density at radius 1 is 1.35 bits per heavy atom. The van der Waals surface area contributed by atoms with Gasteiger partial charge >= 0.3 is 0 Å². The van der Waals surface area contributed by atoms with Gasteiger partial charge in [-0.25, -0.2) is 4.99 Å². The van der Waals surface area contributed by atoms with Crippen LogP contribution in [0.1, 0.15) is 11.5 Å². The summed E-state index contributed by atoms with van der Waals surface area (Å²) in [5, 5.41) is 10.8. The summed E-state index contributed by atoms with van der Waals surface area (Å²) in [7, 11) is 1.93. The number of aryl methyl sites for hydroxylation is 1. The molecule has 2 N–H and O–H groups in total. The van der Waals surface area contributed by atoms with Crippen LogP contribution in [-0.4, -0.2) is 40.8 Å². The van der Waals surface area contributed by atoms with Crippen molar-refractivity contribution in [3.05, 3.63) is 42.1 Å². The third-order valence-electron chi connectivity index (χ3n) is 3.16. The lowest BCUT2D eigenvalue weighted by Gasteiger charge is -2.12. The zero-order chi connectivity index (χ0) is 15.6. The molecule has 6 nitrogen and oxygen atoms in total. The number of aromatic nitrogens is 2. The van der Waals surface area contributed by atoms with Crippen LogP contribution in [0.5, 0.6) is 0 Å². The molecule has 0 aliphatic rings. The monoisotopic (exact) mass is 449 g/mol. The number of hydrogen-bond donors (Lipinski definition) is 2. The van der Waals surface area contributed by atoms with Crippen LogP contribution in [0.2, 0.25) is 0 Å². The number of furan rings is 1. The zero-order valence-corrected chi connectivity index (χ0v) is 16.6. The second-order valence-electron chi connectivity index (χ2n) is 4.79. The quantitative estimate of drug-likeness (QED) is 0.280. The van der Waals surface area contributed by atoms with E-state index in [4.69, 9.17) is 4.42 Å². The Bertz CT molecular complexity index is 570. The van der Waals surface area contributed by atoms with Crippen LogP contribution in [0, 0.1) is 0 Å². The molecule has 0 aliphatic heterocycles. The minimum Gasteiger partial charge on any atom is -0.469 e. The van der Waals surface area contributed by atoms with E-state index >= 15 is 0 Å². The summed E-state index contributed by atoms with van der Waals surface area (Å²) in [6.45, 7) is 2.27.